The van der Waals surface area contributed by atoms with Crippen LogP contribution in [-0.2, 0) is 4.79 Å². The maximum absolute atomic E-state index is 10.5. The second-order valence-electron chi connectivity index (χ2n) is 1.78. The fourth-order valence-electron chi connectivity index (χ4n) is 0.515. The van der Waals surface area contributed by atoms with Crippen LogP contribution in [0.25, 0.3) is 0 Å². The molecule has 0 fully saturated rings. The summed E-state index contributed by atoms with van der Waals surface area (Å²) in [6, 6.07) is 1.93. The molecule has 0 atom stereocenters. The number of nitrogens with one attached hydrogen (secondary N) is 1. The first-order chi connectivity index (χ1) is 5.33. The number of hydrogen-bond acceptors (Lipinski definition) is 4. The van der Waals surface area contributed by atoms with Crippen LogP contribution in [0.3, 0.4) is 0 Å². The van der Waals surface area contributed by atoms with Gasteiger partial charge in [0.15, 0.2) is 0 Å². The number of amides is 1. The molecule has 0 unspecified atom stereocenters. The van der Waals surface area contributed by atoms with Crippen LogP contribution >= 0.6 is 23.1 Å². The molecule has 0 saturated heterocycles. The van der Waals surface area contributed by atoms with Gasteiger partial charge in [-0.3, -0.25) is 10.0 Å². The van der Waals surface area contributed by atoms with E-state index in [1.807, 2.05) is 16.8 Å². The van der Waals surface area contributed by atoms with Gasteiger partial charge in [-0.1, -0.05) is 0 Å². The predicted octanol–water partition coefficient (Wildman–Crippen LogP) is 1.35. The first-order valence-electron chi connectivity index (χ1n) is 2.91. The van der Waals surface area contributed by atoms with Gasteiger partial charge in [-0.15, -0.1) is 11.8 Å². The number of carbonyl (C=O) groups excluding carboxylic acids is 1. The average molecular weight is 189 g/mol. The van der Waals surface area contributed by atoms with Gasteiger partial charge in [0.05, 0.1) is 5.75 Å². The van der Waals surface area contributed by atoms with Crippen LogP contribution in [-0.4, -0.2) is 16.9 Å². The minimum Gasteiger partial charge on any atom is -0.289 e. The minimum atomic E-state index is -0.374. The molecule has 11 heavy (non-hydrogen) atoms. The van der Waals surface area contributed by atoms with E-state index < -0.39 is 0 Å². The third-order valence-corrected chi connectivity index (χ3v) is 2.82. The van der Waals surface area contributed by atoms with Crippen molar-refractivity contribution >= 4 is 29.0 Å². The number of hydrogen-bond donors (Lipinski definition) is 2. The lowest BCUT2D eigenvalue weighted by Gasteiger charge is -1.95. The van der Waals surface area contributed by atoms with Gasteiger partial charge in [0.25, 0.3) is 5.91 Å². The van der Waals surface area contributed by atoms with Crippen LogP contribution in [0.4, 0.5) is 0 Å². The Balaban J connectivity index is 2.29. The number of thioether (sulfide) groups is 1. The maximum atomic E-state index is 10.5. The molecule has 0 aromatic carbocycles. The van der Waals surface area contributed by atoms with E-state index in [-0.39, 0.29) is 11.7 Å². The van der Waals surface area contributed by atoms with Gasteiger partial charge in [-0.25, -0.2) is 5.48 Å². The van der Waals surface area contributed by atoms with E-state index in [2.05, 4.69) is 0 Å². The third kappa shape index (κ3) is 2.92. The Morgan fingerprint density at radius 1 is 1.82 bits per heavy atom. The molecule has 60 valence electrons. The van der Waals surface area contributed by atoms with E-state index in [9.17, 15) is 4.79 Å². The molecule has 2 N–H and O–H groups in total. The first-order valence-corrected chi connectivity index (χ1v) is 4.83. The lowest BCUT2D eigenvalue weighted by Crippen LogP contribution is -2.20. The van der Waals surface area contributed by atoms with Crippen molar-refractivity contribution in [3.8, 4) is 0 Å². The van der Waals surface area contributed by atoms with Crippen molar-refractivity contribution in [3.05, 3.63) is 16.8 Å². The number of thiophene rings is 1. The van der Waals surface area contributed by atoms with E-state index >= 15 is 0 Å². The molecule has 1 aromatic rings. The average Bonchev–Trinajstić information content (AvgIpc) is 2.52. The topological polar surface area (TPSA) is 49.3 Å². The fraction of sp³-hybridized carbons (Fsp3) is 0.167. The molecule has 1 rings (SSSR count). The van der Waals surface area contributed by atoms with Crippen molar-refractivity contribution in [3.63, 3.8) is 0 Å². The summed E-state index contributed by atoms with van der Waals surface area (Å²) in [5, 5.41) is 12.1. The number of carbonyl (C=O) groups is 1. The standard InChI is InChI=1S/C6H7NO2S2/c8-6(7-9)4-11-5-1-2-10-3-5/h1-3,9H,4H2,(H,7,8). The second-order valence-corrected chi connectivity index (χ2v) is 3.61. The molecular formula is C6H7NO2S2. The molecule has 0 aliphatic heterocycles. The molecule has 0 bridgehead atoms. The van der Waals surface area contributed by atoms with Gasteiger partial charge in [0.1, 0.15) is 0 Å². The van der Waals surface area contributed by atoms with Crippen LogP contribution in [0.15, 0.2) is 21.7 Å². The van der Waals surface area contributed by atoms with Crippen LogP contribution < -0.4 is 5.48 Å². The minimum absolute atomic E-state index is 0.257. The monoisotopic (exact) mass is 189 g/mol. The molecule has 1 aromatic heterocycles. The Hall–Kier alpha value is -0.520. The molecule has 3 nitrogen and oxygen atoms in total. The van der Waals surface area contributed by atoms with E-state index in [0.29, 0.717) is 0 Å². The predicted molar refractivity (Wildman–Crippen MR) is 45.0 cm³/mol. The first kappa shape index (κ1) is 8.58. The van der Waals surface area contributed by atoms with Crippen LogP contribution in [0, 0.1) is 0 Å². The van der Waals surface area contributed by atoms with Crippen molar-refractivity contribution in [1.82, 2.24) is 5.48 Å². The van der Waals surface area contributed by atoms with Gasteiger partial charge in [-0.05, 0) is 11.4 Å². The van der Waals surface area contributed by atoms with Crippen molar-refractivity contribution in [2.45, 2.75) is 4.90 Å². The fourth-order valence-corrected chi connectivity index (χ4v) is 2.08. The molecule has 0 saturated carbocycles. The largest absolute Gasteiger partial charge is 0.289 e. The van der Waals surface area contributed by atoms with Crippen molar-refractivity contribution < 1.29 is 10.0 Å². The molecule has 1 heterocycles. The summed E-state index contributed by atoms with van der Waals surface area (Å²) in [7, 11) is 0. The molecular weight excluding hydrogens is 182 g/mol. The van der Waals surface area contributed by atoms with E-state index in [1.54, 1.807) is 16.8 Å². The summed E-state index contributed by atoms with van der Waals surface area (Å²) in [6.07, 6.45) is 0. The lowest BCUT2D eigenvalue weighted by molar-refractivity contribution is -0.126. The SMILES string of the molecule is O=C(CSc1ccsc1)NO. The highest BCUT2D eigenvalue weighted by Crippen LogP contribution is 2.19. The highest BCUT2D eigenvalue weighted by molar-refractivity contribution is 8.00. The summed E-state index contributed by atoms with van der Waals surface area (Å²) >= 11 is 2.98. The van der Waals surface area contributed by atoms with Crippen molar-refractivity contribution in [2.75, 3.05) is 5.75 Å². The van der Waals surface area contributed by atoms with Crippen LogP contribution in [0.1, 0.15) is 0 Å². The quantitative estimate of drug-likeness (QED) is 0.428. The molecule has 0 radical (unpaired) electrons. The van der Waals surface area contributed by atoms with Gasteiger partial charge >= 0.3 is 0 Å². The molecule has 5 heteroatoms. The summed E-state index contributed by atoms with van der Waals surface area (Å²) in [6.45, 7) is 0. The Morgan fingerprint density at radius 2 is 2.64 bits per heavy atom. The molecule has 1 amide bonds. The Kier molecular flexibility index (Phi) is 3.41. The Morgan fingerprint density at radius 3 is 3.18 bits per heavy atom. The zero-order valence-corrected chi connectivity index (χ0v) is 7.24. The van der Waals surface area contributed by atoms with Crippen molar-refractivity contribution in [2.24, 2.45) is 0 Å². The zero-order chi connectivity index (χ0) is 8.10. The van der Waals surface area contributed by atoms with Gasteiger partial charge < -0.3 is 0 Å². The maximum Gasteiger partial charge on any atom is 0.253 e. The molecule has 0 aliphatic rings. The number of rotatable bonds is 3. The third-order valence-electron chi connectivity index (χ3n) is 0.990. The van der Waals surface area contributed by atoms with Gasteiger partial charge in [0, 0.05) is 10.3 Å². The Labute approximate surface area is 72.4 Å². The normalized spacial score (nSPS) is 9.55. The summed E-state index contributed by atoms with van der Waals surface area (Å²) < 4.78 is 0. The van der Waals surface area contributed by atoms with Crippen LogP contribution in [0.5, 0.6) is 0 Å². The van der Waals surface area contributed by atoms with Crippen molar-refractivity contribution in [1.29, 1.82) is 0 Å². The second kappa shape index (κ2) is 4.38. The summed E-state index contributed by atoms with van der Waals surface area (Å²) in [4.78, 5) is 11.6. The van der Waals surface area contributed by atoms with Gasteiger partial charge in [0.2, 0.25) is 0 Å². The van der Waals surface area contributed by atoms with Gasteiger partial charge in [-0.2, -0.15) is 11.3 Å². The van der Waals surface area contributed by atoms with E-state index in [1.165, 1.54) is 11.8 Å². The Bertz CT molecular complexity index is 222. The van der Waals surface area contributed by atoms with Crippen LogP contribution in [0.2, 0.25) is 0 Å². The summed E-state index contributed by atoms with van der Waals surface area (Å²) in [5.74, 6) is -0.117. The lowest BCUT2D eigenvalue weighted by atomic mass is 10.7. The van der Waals surface area contributed by atoms with E-state index in [0.717, 1.165) is 4.90 Å². The summed E-state index contributed by atoms with van der Waals surface area (Å²) in [5.41, 5.74) is 1.57. The smallest absolute Gasteiger partial charge is 0.253 e. The zero-order valence-electron chi connectivity index (χ0n) is 5.61. The van der Waals surface area contributed by atoms with E-state index in [4.69, 9.17) is 5.21 Å². The number of hydroxylamine groups is 1. The molecule has 0 spiro atoms. The highest BCUT2D eigenvalue weighted by atomic mass is 32.2. The molecule has 0 aliphatic carbocycles. The highest BCUT2D eigenvalue weighted by Gasteiger charge is 1.99.